The molecule has 26 heavy (non-hydrogen) atoms. The number of nitrogens with zero attached hydrogens (tertiary/aromatic N) is 4. The Morgan fingerprint density at radius 1 is 1.35 bits per heavy atom. The molecule has 0 bridgehead atoms. The molecule has 7 heteroatoms. The zero-order valence-corrected chi connectivity index (χ0v) is 14.9. The van der Waals surface area contributed by atoms with E-state index in [2.05, 4.69) is 15.1 Å². The highest BCUT2D eigenvalue weighted by atomic mass is 16.2. The summed E-state index contributed by atoms with van der Waals surface area (Å²) >= 11 is 0. The van der Waals surface area contributed by atoms with E-state index in [-0.39, 0.29) is 23.9 Å². The molecule has 134 valence electrons. The van der Waals surface area contributed by atoms with Gasteiger partial charge in [0.15, 0.2) is 5.65 Å². The van der Waals surface area contributed by atoms with Gasteiger partial charge in [0.2, 0.25) is 5.91 Å². The molecule has 0 saturated carbocycles. The van der Waals surface area contributed by atoms with Crippen LogP contribution in [0.2, 0.25) is 0 Å². The molecule has 1 aliphatic rings. The Labute approximate surface area is 150 Å². The number of carbonyl (C=O) groups is 1. The van der Waals surface area contributed by atoms with Crippen molar-refractivity contribution in [1.29, 1.82) is 0 Å². The molecule has 4 rings (SSSR count). The maximum Gasteiger partial charge on any atom is 0.275 e. The number of aryl methyl sites for hydroxylation is 1. The first-order chi connectivity index (χ1) is 12.5. The SMILES string of the molecule is Cc1nc2cc([C@H]3CCCN3C(=O)Cc3ccccn3)[nH]n2c(=O)c1C. The highest BCUT2D eigenvalue weighted by Crippen LogP contribution is 2.31. The summed E-state index contributed by atoms with van der Waals surface area (Å²) in [4.78, 5) is 35.8. The first-order valence-electron chi connectivity index (χ1n) is 8.83. The first kappa shape index (κ1) is 16.5. The number of amides is 1. The van der Waals surface area contributed by atoms with Gasteiger partial charge in [0, 0.05) is 35.8 Å². The van der Waals surface area contributed by atoms with Crippen molar-refractivity contribution in [2.24, 2.45) is 0 Å². The fourth-order valence-electron chi connectivity index (χ4n) is 3.56. The van der Waals surface area contributed by atoms with Gasteiger partial charge >= 0.3 is 0 Å². The smallest absolute Gasteiger partial charge is 0.275 e. The second-order valence-electron chi connectivity index (χ2n) is 6.78. The lowest BCUT2D eigenvalue weighted by atomic mass is 10.1. The van der Waals surface area contributed by atoms with Crippen LogP contribution in [0.1, 0.15) is 41.5 Å². The first-order valence-corrected chi connectivity index (χ1v) is 8.83. The minimum Gasteiger partial charge on any atom is -0.334 e. The summed E-state index contributed by atoms with van der Waals surface area (Å²) in [6.45, 7) is 4.32. The molecular formula is C19H21N5O2. The Morgan fingerprint density at radius 3 is 2.96 bits per heavy atom. The minimum absolute atomic E-state index is 0.0533. The lowest BCUT2D eigenvalue weighted by molar-refractivity contribution is -0.131. The Hall–Kier alpha value is -2.96. The molecule has 0 aromatic carbocycles. The predicted octanol–water partition coefficient (Wildman–Crippen LogP) is 1.94. The van der Waals surface area contributed by atoms with Crippen LogP contribution >= 0.6 is 0 Å². The van der Waals surface area contributed by atoms with Crippen molar-refractivity contribution in [2.45, 2.75) is 39.2 Å². The van der Waals surface area contributed by atoms with E-state index in [4.69, 9.17) is 0 Å². The maximum absolute atomic E-state index is 12.8. The number of likely N-dealkylation sites (tertiary alicyclic amines) is 1. The molecular weight excluding hydrogens is 330 g/mol. The topological polar surface area (TPSA) is 83.4 Å². The molecule has 3 aromatic rings. The van der Waals surface area contributed by atoms with Crippen LogP contribution in [-0.2, 0) is 11.2 Å². The van der Waals surface area contributed by atoms with Crippen LogP contribution < -0.4 is 5.56 Å². The molecule has 1 N–H and O–H groups in total. The van der Waals surface area contributed by atoms with Crippen LogP contribution in [0.15, 0.2) is 35.3 Å². The summed E-state index contributed by atoms with van der Waals surface area (Å²) in [7, 11) is 0. The van der Waals surface area contributed by atoms with E-state index in [9.17, 15) is 9.59 Å². The van der Waals surface area contributed by atoms with Crippen LogP contribution in [0.5, 0.6) is 0 Å². The molecule has 7 nitrogen and oxygen atoms in total. The van der Waals surface area contributed by atoms with E-state index in [1.165, 1.54) is 4.52 Å². The van der Waals surface area contributed by atoms with Crippen molar-refractivity contribution in [3.63, 3.8) is 0 Å². The van der Waals surface area contributed by atoms with Crippen LogP contribution in [-0.4, -0.2) is 36.9 Å². The lowest BCUT2D eigenvalue weighted by Gasteiger charge is -2.23. The van der Waals surface area contributed by atoms with Crippen molar-refractivity contribution < 1.29 is 4.79 Å². The molecule has 0 unspecified atom stereocenters. The van der Waals surface area contributed by atoms with E-state index in [0.717, 1.165) is 29.9 Å². The standard InChI is InChI=1S/C19H21N5O2/c1-12-13(2)21-17-11-15(22-24(17)19(12)26)16-7-5-9-23(16)18(25)10-14-6-3-4-8-20-14/h3-4,6,8,11,16,22H,5,7,9-10H2,1-2H3/t16-/m1/s1. The van der Waals surface area contributed by atoms with E-state index >= 15 is 0 Å². The minimum atomic E-state index is -0.0943. The van der Waals surface area contributed by atoms with Gasteiger partial charge in [-0.2, -0.15) is 0 Å². The van der Waals surface area contributed by atoms with Gasteiger partial charge in [0.25, 0.3) is 5.56 Å². The molecule has 4 heterocycles. The van der Waals surface area contributed by atoms with Crippen LogP contribution in [0.25, 0.3) is 5.65 Å². The van der Waals surface area contributed by atoms with Crippen LogP contribution in [0, 0.1) is 13.8 Å². The second kappa shape index (κ2) is 6.40. The Bertz CT molecular complexity index is 1020. The Morgan fingerprint density at radius 2 is 2.19 bits per heavy atom. The van der Waals surface area contributed by atoms with E-state index in [1.54, 1.807) is 13.1 Å². The number of rotatable bonds is 3. The number of hydrogen-bond donors (Lipinski definition) is 1. The molecule has 1 saturated heterocycles. The van der Waals surface area contributed by atoms with Crippen LogP contribution in [0.3, 0.4) is 0 Å². The number of nitrogens with one attached hydrogen (secondary N) is 1. The van der Waals surface area contributed by atoms with Gasteiger partial charge < -0.3 is 4.90 Å². The van der Waals surface area contributed by atoms with Gasteiger partial charge in [-0.25, -0.2) is 9.50 Å². The van der Waals surface area contributed by atoms with Crippen molar-refractivity contribution in [3.8, 4) is 0 Å². The average Bonchev–Trinajstić information content (AvgIpc) is 3.27. The number of aromatic nitrogens is 4. The molecule has 1 aliphatic heterocycles. The largest absolute Gasteiger partial charge is 0.334 e. The van der Waals surface area contributed by atoms with Gasteiger partial charge in [-0.3, -0.25) is 19.7 Å². The summed E-state index contributed by atoms with van der Waals surface area (Å²) in [6.07, 6.45) is 3.79. The highest BCUT2D eigenvalue weighted by molar-refractivity contribution is 5.79. The van der Waals surface area contributed by atoms with Gasteiger partial charge in [0.1, 0.15) is 0 Å². The van der Waals surface area contributed by atoms with E-state index in [0.29, 0.717) is 17.8 Å². The quantitative estimate of drug-likeness (QED) is 0.782. The third-order valence-corrected chi connectivity index (χ3v) is 5.09. The molecule has 0 radical (unpaired) electrons. The molecule has 0 aliphatic carbocycles. The monoisotopic (exact) mass is 351 g/mol. The van der Waals surface area contributed by atoms with Crippen molar-refractivity contribution in [3.05, 3.63) is 63.5 Å². The normalized spacial score (nSPS) is 17.2. The fraction of sp³-hybridized carbons (Fsp3) is 0.368. The zero-order valence-electron chi connectivity index (χ0n) is 14.9. The zero-order chi connectivity index (χ0) is 18.3. The molecule has 1 atom stereocenters. The van der Waals surface area contributed by atoms with E-state index in [1.807, 2.05) is 36.1 Å². The number of aromatic amines is 1. The molecule has 3 aromatic heterocycles. The van der Waals surface area contributed by atoms with Crippen LogP contribution in [0.4, 0.5) is 0 Å². The summed E-state index contributed by atoms with van der Waals surface area (Å²) < 4.78 is 1.47. The molecule has 1 fully saturated rings. The van der Waals surface area contributed by atoms with E-state index < -0.39 is 0 Å². The lowest BCUT2D eigenvalue weighted by Crippen LogP contribution is -2.32. The summed E-state index contributed by atoms with van der Waals surface area (Å²) in [5.74, 6) is 0.0533. The third kappa shape index (κ3) is 2.79. The van der Waals surface area contributed by atoms with Gasteiger partial charge in [0.05, 0.1) is 18.2 Å². The van der Waals surface area contributed by atoms with Crippen molar-refractivity contribution in [1.82, 2.24) is 24.5 Å². The number of carbonyl (C=O) groups excluding carboxylic acids is 1. The van der Waals surface area contributed by atoms with Gasteiger partial charge in [-0.05, 0) is 38.8 Å². The fourth-order valence-corrected chi connectivity index (χ4v) is 3.56. The maximum atomic E-state index is 12.8. The second-order valence-corrected chi connectivity index (χ2v) is 6.78. The van der Waals surface area contributed by atoms with Gasteiger partial charge in [-0.1, -0.05) is 6.07 Å². The Balaban J connectivity index is 1.64. The number of hydrogen-bond acceptors (Lipinski definition) is 4. The van der Waals surface area contributed by atoms with Crippen molar-refractivity contribution >= 4 is 11.6 Å². The average molecular weight is 351 g/mol. The van der Waals surface area contributed by atoms with Crippen molar-refractivity contribution in [2.75, 3.05) is 6.54 Å². The van der Waals surface area contributed by atoms with Gasteiger partial charge in [-0.15, -0.1) is 0 Å². The summed E-state index contributed by atoms with van der Waals surface area (Å²) in [6, 6.07) is 7.41. The highest BCUT2D eigenvalue weighted by Gasteiger charge is 2.31. The predicted molar refractivity (Wildman–Crippen MR) is 96.9 cm³/mol. The summed E-state index contributed by atoms with van der Waals surface area (Å²) in [5.41, 5.74) is 3.48. The molecule has 0 spiro atoms. The summed E-state index contributed by atoms with van der Waals surface area (Å²) in [5, 5.41) is 3.15. The molecule has 1 amide bonds. The number of pyridine rings is 1. The Kier molecular flexibility index (Phi) is 4.06. The third-order valence-electron chi connectivity index (χ3n) is 5.09. The number of fused-ring (bicyclic) bond motifs is 1. The number of H-pyrrole nitrogens is 1.